The number of rotatable bonds is 2. The van der Waals surface area contributed by atoms with Crippen molar-refractivity contribution in [1.82, 2.24) is 4.90 Å². The molecule has 100 valence electrons. The zero-order valence-electron chi connectivity index (χ0n) is 10.9. The molecule has 5 heteroatoms. The van der Waals surface area contributed by atoms with Crippen LogP contribution in [0.1, 0.15) is 11.1 Å². The molecule has 1 amide bonds. The van der Waals surface area contributed by atoms with Crippen molar-refractivity contribution in [3.05, 3.63) is 29.5 Å². The molecule has 1 aromatic carbocycles. The maximum atomic E-state index is 11.8. The number of hydrogen-bond donors (Lipinski definition) is 0. The second-order valence-corrected chi connectivity index (χ2v) is 4.47. The Morgan fingerprint density at radius 3 is 2.68 bits per heavy atom. The van der Waals surface area contributed by atoms with Gasteiger partial charge in [-0.15, -0.1) is 0 Å². The topological polar surface area (TPSA) is 48.0 Å². The lowest BCUT2D eigenvalue weighted by Crippen LogP contribution is -2.39. The molecule has 1 aromatic rings. The van der Waals surface area contributed by atoms with Gasteiger partial charge in [-0.1, -0.05) is 0 Å². The van der Waals surface area contributed by atoms with Gasteiger partial charge in [0.25, 0.3) is 5.91 Å². The minimum Gasteiger partial charge on any atom is -0.493 e. The van der Waals surface area contributed by atoms with Gasteiger partial charge >= 0.3 is 0 Å². The summed E-state index contributed by atoms with van der Waals surface area (Å²) >= 11 is 0. The molecule has 0 unspecified atom stereocenters. The predicted molar refractivity (Wildman–Crippen MR) is 68.9 cm³/mol. The summed E-state index contributed by atoms with van der Waals surface area (Å²) in [4.78, 5) is 13.6. The van der Waals surface area contributed by atoms with Gasteiger partial charge in [-0.2, -0.15) is 0 Å². The first-order chi connectivity index (χ1) is 9.24. The maximum absolute atomic E-state index is 11.8. The van der Waals surface area contributed by atoms with Gasteiger partial charge in [-0.25, -0.2) is 0 Å². The highest BCUT2D eigenvalue weighted by Crippen LogP contribution is 2.38. The Morgan fingerprint density at radius 2 is 1.95 bits per heavy atom. The number of nitrogens with zero attached hydrogens (tertiary/aromatic N) is 1. The van der Waals surface area contributed by atoms with Crippen LogP contribution in [0.3, 0.4) is 0 Å². The van der Waals surface area contributed by atoms with E-state index in [-0.39, 0.29) is 12.5 Å². The molecule has 0 radical (unpaired) electrons. The summed E-state index contributed by atoms with van der Waals surface area (Å²) in [6, 6.07) is 3.86. The second-order valence-electron chi connectivity index (χ2n) is 4.47. The van der Waals surface area contributed by atoms with E-state index >= 15 is 0 Å². The fourth-order valence-corrected chi connectivity index (χ4v) is 2.52. The van der Waals surface area contributed by atoms with Gasteiger partial charge in [-0.05, 0) is 24.1 Å². The van der Waals surface area contributed by atoms with Crippen LogP contribution >= 0.6 is 0 Å². The van der Waals surface area contributed by atoms with Crippen LogP contribution in [-0.4, -0.2) is 38.2 Å². The smallest absolute Gasteiger partial charge is 0.264 e. The van der Waals surface area contributed by atoms with Crippen molar-refractivity contribution in [2.45, 2.75) is 6.42 Å². The number of amides is 1. The van der Waals surface area contributed by atoms with E-state index < -0.39 is 0 Å². The summed E-state index contributed by atoms with van der Waals surface area (Å²) in [5.74, 6) is 1.36. The highest BCUT2D eigenvalue weighted by atomic mass is 16.5. The van der Waals surface area contributed by atoms with Crippen molar-refractivity contribution < 1.29 is 19.0 Å². The minimum atomic E-state index is -0.00191. The van der Waals surface area contributed by atoms with Crippen LogP contribution in [0.25, 0.3) is 5.70 Å². The lowest BCUT2D eigenvalue weighted by molar-refractivity contribution is -0.132. The summed E-state index contributed by atoms with van der Waals surface area (Å²) in [5, 5.41) is 0. The third kappa shape index (κ3) is 1.82. The summed E-state index contributed by atoms with van der Waals surface area (Å²) in [6.07, 6.45) is 2.45. The number of benzene rings is 1. The summed E-state index contributed by atoms with van der Waals surface area (Å²) in [6.45, 7) is 0.794. The second kappa shape index (κ2) is 4.50. The Morgan fingerprint density at radius 1 is 1.21 bits per heavy atom. The van der Waals surface area contributed by atoms with E-state index in [9.17, 15) is 4.79 Å². The van der Waals surface area contributed by atoms with Gasteiger partial charge in [0.05, 0.1) is 19.9 Å². The molecule has 0 spiro atoms. The van der Waals surface area contributed by atoms with E-state index in [1.807, 2.05) is 12.1 Å². The molecule has 19 heavy (non-hydrogen) atoms. The lowest BCUT2D eigenvalue weighted by atomic mass is 9.95. The first kappa shape index (κ1) is 11.9. The van der Waals surface area contributed by atoms with Crippen molar-refractivity contribution in [3.63, 3.8) is 0 Å². The average molecular weight is 261 g/mol. The van der Waals surface area contributed by atoms with E-state index in [1.54, 1.807) is 25.4 Å². The van der Waals surface area contributed by atoms with Gasteiger partial charge in [-0.3, -0.25) is 4.79 Å². The van der Waals surface area contributed by atoms with Crippen LogP contribution < -0.4 is 9.47 Å². The van der Waals surface area contributed by atoms with E-state index in [0.29, 0.717) is 18.0 Å². The minimum absolute atomic E-state index is 0.00191. The number of ether oxygens (including phenoxy) is 3. The van der Waals surface area contributed by atoms with Crippen LogP contribution in [0.15, 0.2) is 18.4 Å². The molecule has 0 N–H and O–H groups in total. The highest BCUT2D eigenvalue weighted by Gasteiger charge is 2.30. The quantitative estimate of drug-likeness (QED) is 0.807. The average Bonchev–Trinajstić information content (AvgIpc) is 2.45. The summed E-state index contributed by atoms with van der Waals surface area (Å²) in [7, 11) is 3.22. The number of methoxy groups -OCH3 is 2. The first-order valence-corrected chi connectivity index (χ1v) is 6.12. The summed E-state index contributed by atoms with van der Waals surface area (Å²) < 4.78 is 15.8. The number of carbonyl (C=O) groups excluding carboxylic acids is 1. The lowest BCUT2D eigenvalue weighted by Gasteiger charge is -2.34. The Bertz CT molecular complexity index is 565. The number of hydrogen-bond acceptors (Lipinski definition) is 4. The van der Waals surface area contributed by atoms with Crippen LogP contribution in [0.2, 0.25) is 0 Å². The molecule has 2 heterocycles. The third-order valence-corrected chi connectivity index (χ3v) is 3.48. The number of carbonyl (C=O) groups is 1. The van der Waals surface area contributed by atoms with Gasteiger partial charge in [0.2, 0.25) is 0 Å². The first-order valence-electron chi connectivity index (χ1n) is 6.12. The zero-order chi connectivity index (χ0) is 13.4. The molecular weight excluding hydrogens is 246 g/mol. The van der Waals surface area contributed by atoms with Crippen molar-refractivity contribution in [2.24, 2.45) is 0 Å². The van der Waals surface area contributed by atoms with E-state index in [2.05, 4.69) is 0 Å². The van der Waals surface area contributed by atoms with Crippen LogP contribution in [0.5, 0.6) is 11.5 Å². The normalized spacial score (nSPS) is 17.1. The predicted octanol–water partition coefficient (Wildman–Crippen LogP) is 1.42. The molecule has 2 aliphatic heterocycles. The standard InChI is InChI=1S/C14H15NO4/c1-17-12-5-9-3-4-15-11(7-19-8-14(15)16)10(9)6-13(12)18-2/h5-7H,3-4,8H2,1-2H3. The van der Waals surface area contributed by atoms with Gasteiger partial charge in [0, 0.05) is 12.1 Å². The Balaban J connectivity index is 2.12. The number of fused-ring (bicyclic) bond motifs is 3. The molecular formula is C14H15NO4. The molecule has 2 aliphatic rings. The van der Waals surface area contributed by atoms with E-state index in [1.165, 1.54) is 0 Å². The van der Waals surface area contributed by atoms with Crippen molar-refractivity contribution >= 4 is 11.6 Å². The zero-order valence-corrected chi connectivity index (χ0v) is 10.9. The molecule has 0 saturated heterocycles. The Kier molecular flexibility index (Phi) is 2.81. The van der Waals surface area contributed by atoms with Crippen molar-refractivity contribution in [2.75, 3.05) is 27.4 Å². The van der Waals surface area contributed by atoms with Crippen molar-refractivity contribution in [3.8, 4) is 11.5 Å². The van der Waals surface area contributed by atoms with Crippen molar-refractivity contribution in [1.29, 1.82) is 0 Å². The fourth-order valence-electron chi connectivity index (χ4n) is 2.52. The largest absolute Gasteiger partial charge is 0.493 e. The summed E-state index contributed by atoms with van der Waals surface area (Å²) in [5.41, 5.74) is 2.91. The van der Waals surface area contributed by atoms with Crippen LogP contribution in [-0.2, 0) is 16.0 Å². The maximum Gasteiger partial charge on any atom is 0.264 e. The van der Waals surface area contributed by atoms with Crippen LogP contribution in [0, 0.1) is 0 Å². The fraction of sp³-hybridized carbons (Fsp3) is 0.357. The third-order valence-electron chi connectivity index (χ3n) is 3.48. The molecule has 5 nitrogen and oxygen atoms in total. The molecule has 0 atom stereocenters. The Labute approximate surface area is 111 Å². The molecule has 0 saturated carbocycles. The molecule has 0 bridgehead atoms. The SMILES string of the molecule is COc1cc2c(cc1OC)C1=COCC(=O)N1CC2. The van der Waals surface area contributed by atoms with Gasteiger partial charge in [0.15, 0.2) is 18.1 Å². The monoisotopic (exact) mass is 261 g/mol. The van der Waals surface area contributed by atoms with E-state index in [4.69, 9.17) is 14.2 Å². The highest BCUT2D eigenvalue weighted by molar-refractivity contribution is 5.90. The molecule has 0 aromatic heterocycles. The van der Waals surface area contributed by atoms with Crippen LogP contribution in [0.4, 0.5) is 0 Å². The van der Waals surface area contributed by atoms with Gasteiger partial charge < -0.3 is 19.1 Å². The van der Waals surface area contributed by atoms with Gasteiger partial charge in [0.1, 0.15) is 6.26 Å². The molecule has 3 rings (SSSR count). The van der Waals surface area contributed by atoms with E-state index in [0.717, 1.165) is 23.2 Å². The Hall–Kier alpha value is -2.17. The molecule has 0 aliphatic carbocycles. The molecule has 0 fully saturated rings.